The molecule has 0 saturated carbocycles. The van der Waals surface area contributed by atoms with E-state index < -0.39 is 11.6 Å². The van der Waals surface area contributed by atoms with Gasteiger partial charge < -0.3 is 0 Å². The zero-order chi connectivity index (χ0) is 13.3. The van der Waals surface area contributed by atoms with Crippen LogP contribution >= 0.6 is 27.5 Å². The van der Waals surface area contributed by atoms with Crippen molar-refractivity contribution in [3.05, 3.63) is 68.4 Å². The van der Waals surface area contributed by atoms with Crippen molar-refractivity contribution in [2.75, 3.05) is 0 Å². The van der Waals surface area contributed by atoms with Crippen LogP contribution in [0.2, 0.25) is 5.02 Å². The lowest BCUT2D eigenvalue weighted by molar-refractivity contribution is 0.103. The van der Waals surface area contributed by atoms with Gasteiger partial charge in [0.15, 0.2) is 5.78 Å². The van der Waals surface area contributed by atoms with Crippen LogP contribution in [0.4, 0.5) is 4.39 Å². The monoisotopic (exact) mass is 326 g/mol. The fourth-order valence-electron chi connectivity index (χ4n) is 1.63. The molecule has 0 spiro atoms. The zero-order valence-electron chi connectivity index (χ0n) is 9.51. The van der Waals surface area contributed by atoms with Crippen molar-refractivity contribution in [3.63, 3.8) is 0 Å². The van der Waals surface area contributed by atoms with Gasteiger partial charge >= 0.3 is 0 Å². The first kappa shape index (κ1) is 13.2. The summed E-state index contributed by atoms with van der Waals surface area (Å²) in [7, 11) is 0. The summed E-state index contributed by atoms with van der Waals surface area (Å²) in [6.45, 7) is 1.87. The minimum atomic E-state index is -0.570. The number of carbonyl (C=O) groups is 1. The maximum atomic E-state index is 13.8. The lowest BCUT2D eigenvalue weighted by atomic mass is 10.0. The average molecular weight is 328 g/mol. The number of hydrogen-bond donors (Lipinski definition) is 0. The van der Waals surface area contributed by atoms with E-state index in [1.807, 2.05) is 6.92 Å². The maximum absolute atomic E-state index is 13.8. The first-order valence-corrected chi connectivity index (χ1v) is 6.42. The van der Waals surface area contributed by atoms with Crippen LogP contribution in [0.15, 0.2) is 40.9 Å². The van der Waals surface area contributed by atoms with Gasteiger partial charge in [-0.05, 0) is 52.7 Å². The van der Waals surface area contributed by atoms with E-state index in [9.17, 15) is 9.18 Å². The van der Waals surface area contributed by atoms with E-state index >= 15 is 0 Å². The summed E-state index contributed by atoms with van der Waals surface area (Å²) in [6.07, 6.45) is 0. The SMILES string of the molecule is Cc1ccc(C(=O)c2cccc(Br)c2F)c(Cl)c1. The molecule has 0 aliphatic carbocycles. The van der Waals surface area contributed by atoms with Crippen LogP contribution < -0.4 is 0 Å². The quantitative estimate of drug-likeness (QED) is 0.725. The van der Waals surface area contributed by atoms with Crippen molar-refractivity contribution in [3.8, 4) is 0 Å². The molecular weight excluding hydrogens is 319 g/mol. The van der Waals surface area contributed by atoms with Crippen LogP contribution in [0, 0.1) is 12.7 Å². The number of carbonyl (C=O) groups excluding carboxylic acids is 1. The second kappa shape index (κ2) is 5.21. The van der Waals surface area contributed by atoms with Crippen LogP contribution in [0.3, 0.4) is 0 Å². The number of hydrogen-bond acceptors (Lipinski definition) is 1. The third kappa shape index (κ3) is 2.47. The van der Waals surface area contributed by atoms with E-state index in [0.717, 1.165) is 5.56 Å². The van der Waals surface area contributed by atoms with Crippen molar-refractivity contribution in [2.24, 2.45) is 0 Å². The van der Waals surface area contributed by atoms with Crippen LogP contribution in [0.5, 0.6) is 0 Å². The summed E-state index contributed by atoms with van der Waals surface area (Å²) >= 11 is 9.07. The highest BCUT2D eigenvalue weighted by molar-refractivity contribution is 9.10. The number of rotatable bonds is 2. The normalized spacial score (nSPS) is 10.4. The smallest absolute Gasteiger partial charge is 0.197 e. The molecule has 18 heavy (non-hydrogen) atoms. The van der Waals surface area contributed by atoms with E-state index in [-0.39, 0.29) is 10.0 Å². The Bertz CT molecular complexity index is 625. The van der Waals surface area contributed by atoms with Gasteiger partial charge in [0.1, 0.15) is 5.82 Å². The molecule has 0 aromatic heterocycles. The third-order valence-electron chi connectivity index (χ3n) is 2.57. The maximum Gasteiger partial charge on any atom is 0.197 e. The highest BCUT2D eigenvalue weighted by atomic mass is 79.9. The van der Waals surface area contributed by atoms with Crippen molar-refractivity contribution >= 4 is 33.3 Å². The van der Waals surface area contributed by atoms with Gasteiger partial charge in [-0.1, -0.05) is 23.7 Å². The number of halogens is 3. The topological polar surface area (TPSA) is 17.1 Å². The van der Waals surface area contributed by atoms with E-state index in [4.69, 9.17) is 11.6 Å². The zero-order valence-corrected chi connectivity index (χ0v) is 11.8. The van der Waals surface area contributed by atoms with Gasteiger partial charge in [0.05, 0.1) is 15.1 Å². The second-order valence-electron chi connectivity index (χ2n) is 3.91. The Morgan fingerprint density at radius 1 is 1.22 bits per heavy atom. The molecule has 0 heterocycles. The fourth-order valence-corrected chi connectivity index (χ4v) is 2.32. The Morgan fingerprint density at radius 3 is 2.61 bits per heavy atom. The summed E-state index contributed by atoms with van der Waals surface area (Å²) < 4.78 is 14.1. The molecule has 2 rings (SSSR count). The highest BCUT2D eigenvalue weighted by Gasteiger charge is 2.18. The van der Waals surface area contributed by atoms with E-state index in [1.54, 1.807) is 30.3 Å². The van der Waals surface area contributed by atoms with Crippen LogP contribution in [-0.4, -0.2) is 5.78 Å². The van der Waals surface area contributed by atoms with Gasteiger partial charge in [0.2, 0.25) is 0 Å². The highest BCUT2D eigenvalue weighted by Crippen LogP contribution is 2.25. The molecule has 1 nitrogen and oxygen atoms in total. The third-order valence-corrected chi connectivity index (χ3v) is 3.49. The van der Waals surface area contributed by atoms with Crippen molar-refractivity contribution in [1.29, 1.82) is 0 Å². The minimum absolute atomic E-state index is 0.00938. The van der Waals surface area contributed by atoms with Crippen LogP contribution in [0.1, 0.15) is 21.5 Å². The first-order valence-electron chi connectivity index (χ1n) is 5.25. The summed E-state index contributed by atoms with van der Waals surface area (Å²) in [5.74, 6) is -0.988. The fraction of sp³-hybridized carbons (Fsp3) is 0.0714. The van der Waals surface area contributed by atoms with Gasteiger partial charge in [-0.25, -0.2) is 4.39 Å². The number of aryl methyl sites for hydroxylation is 1. The standard InChI is InChI=1S/C14H9BrClFO/c1-8-5-6-9(12(16)7-8)14(18)10-3-2-4-11(15)13(10)17/h2-7H,1H3. The van der Waals surface area contributed by atoms with Crippen LogP contribution in [-0.2, 0) is 0 Å². The van der Waals surface area contributed by atoms with E-state index in [0.29, 0.717) is 10.6 Å². The Balaban J connectivity index is 2.51. The van der Waals surface area contributed by atoms with Gasteiger partial charge in [-0.3, -0.25) is 4.79 Å². The van der Waals surface area contributed by atoms with E-state index in [2.05, 4.69) is 15.9 Å². The molecule has 0 radical (unpaired) electrons. The summed E-state index contributed by atoms with van der Waals surface area (Å²) in [5.41, 5.74) is 1.26. The van der Waals surface area contributed by atoms with Crippen molar-refractivity contribution < 1.29 is 9.18 Å². The molecular formula is C14H9BrClFO. The van der Waals surface area contributed by atoms with Crippen LogP contribution in [0.25, 0.3) is 0 Å². The minimum Gasteiger partial charge on any atom is -0.288 e. The molecule has 4 heteroatoms. The average Bonchev–Trinajstić information content (AvgIpc) is 2.32. The van der Waals surface area contributed by atoms with Crippen molar-refractivity contribution in [2.45, 2.75) is 6.92 Å². The summed E-state index contributed by atoms with van der Waals surface area (Å²) in [5, 5.41) is 0.333. The Kier molecular flexibility index (Phi) is 3.83. The molecule has 0 fully saturated rings. The molecule has 0 amide bonds. The molecule has 0 unspecified atom stereocenters. The first-order chi connectivity index (χ1) is 8.50. The largest absolute Gasteiger partial charge is 0.288 e. The Hall–Kier alpha value is -1.19. The van der Waals surface area contributed by atoms with Gasteiger partial charge in [0.25, 0.3) is 0 Å². The molecule has 0 aliphatic heterocycles. The predicted octanol–water partition coefficient (Wildman–Crippen LogP) is 4.78. The molecule has 2 aromatic rings. The second-order valence-corrected chi connectivity index (χ2v) is 5.18. The van der Waals surface area contributed by atoms with Gasteiger partial charge in [-0.2, -0.15) is 0 Å². The lowest BCUT2D eigenvalue weighted by Gasteiger charge is -2.06. The molecule has 2 aromatic carbocycles. The van der Waals surface area contributed by atoms with Gasteiger partial charge in [-0.15, -0.1) is 0 Å². The van der Waals surface area contributed by atoms with Gasteiger partial charge in [0, 0.05) is 5.56 Å². The molecule has 0 aliphatic rings. The molecule has 0 atom stereocenters. The molecule has 92 valence electrons. The predicted molar refractivity (Wildman–Crippen MR) is 73.7 cm³/mol. The van der Waals surface area contributed by atoms with Crippen molar-refractivity contribution in [1.82, 2.24) is 0 Å². The number of ketones is 1. The number of benzene rings is 2. The Labute approximate surface area is 118 Å². The molecule has 0 N–H and O–H groups in total. The lowest BCUT2D eigenvalue weighted by Crippen LogP contribution is -2.05. The molecule has 0 saturated heterocycles. The Morgan fingerprint density at radius 2 is 1.94 bits per heavy atom. The molecule has 0 bridgehead atoms. The summed E-state index contributed by atoms with van der Waals surface area (Å²) in [4.78, 5) is 12.2. The van der Waals surface area contributed by atoms with E-state index in [1.165, 1.54) is 6.07 Å². The summed E-state index contributed by atoms with van der Waals surface area (Å²) in [6, 6.07) is 9.67.